The number of aromatic nitrogens is 2. The largest absolute Gasteiger partial charge is 0.390 e. The Kier molecular flexibility index (Phi) is 7.77. The third-order valence-corrected chi connectivity index (χ3v) is 7.69. The van der Waals surface area contributed by atoms with Gasteiger partial charge in [-0.05, 0) is 38.2 Å². The van der Waals surface area contributed by atoms with Gasteiger partial charge in [0.25, 0.3) is 0 Å². The van der Waals surface area contributed by atoms with Crippen molar-refractivity contribution >= 4 is 39.0 Å². The number of aryl methyl sites for hydroxylation is 1. The standard InChI is InChI=1S/C20H33N5O4S2/c1-13(2)17-10-16(18(30-17)14(3)4)22-19(26)23-31(28,29)25(9-8-20(5,6)27)15-11-21-24(7)12-15/h10-14,27H,8-9H2,1-7H3,(H2,22,23,26). The molecular formula is C20H33N5O4S2. The number of anilines is 2. The topological polar surface area (TPSA) is 117 Å². The average molecular weight is 472 g/mol. The Morgan fingerprint density at radius 2 is 1.94 bits per heavy atom. The molecule has 0 aliphatic rings. The number of thiophene rings is 1. The van der Waals surface area contributed by atoms with Crippen LogP contribution in [0.25, 0.3) is 0 Å². The third-order valence-electron chi connectivity index (χ3n) is 4.54. The second-order valence-corrected chi connectivity index (χ2v) is 11.5. The second kappa shape index (κ2) is 9.58. The molecule has 9 nitrogen and oxygen atoms in total. The molecule has 2 heterocycles. The van der Waals surface area contributed by atoms with E-state index in [4.69, 9.17) is 0 Å². The van der Waals surface area contributed by atoms with E-state index < -0.39 is 21.8 Å². The Labute approximate surface area is 188 Å². The normalized spacial score (nSPS) is 12.5. The van der Waals surface area contributed by atoms with Gasteiger partial charge in [-0.1, -0.05) is 27.7 Å². The van der Waals surface area contributed by atoms with Crippen LogP contribution >= 0.6 is 11.3 Å². The molecule has 2 aromatic rings. The van der Waals surface area contributed by atoms with Crippen LogP contribution in [0.2, 0.25) is 0 Å². The van der Waals surface area contributed by atoms with E-state index in [1.54, 1.807) is 32.2 Å². The lowest BCUT2D eigenvalue weighted by Crippen LogP contribution is -2.46. The Hall–Kier alpha value is -2.11. The van der Waals surface area contributed by atoms with Crippen molar-refractivity contribution in [3.63, 3.8) is 0 Å². The summed E-state index contributed by atoms with van der Waals surface area (Å²) in [6, 6.07) is 1.05. The van der Waals surface area contributed by atoms with Crippen molar-refractivity contribution in [3.05, 3.63) is 28.2 Å². The van der Waals surface area contributed by atoms with Gasteiger partial charge in [0, 0.05) is 29.5 Å². The fraction of sp³-hybridized carbons (Fsp3) is 0.600. The smallest absolute Gasteiger partial charge is 0.334 e. The van der Waals surface area contributed by atoms with Gasteiger partial charge in [0.15, 0.2) is 0 Å². The quantitative estimate of drug-likeness (QED) is 0.515. The van der Waals surface area contributed by atoms with Crippen molar-refractivity contribution in [2.24, 2.45) is 7.05 Å². The lowest BCUT2D eigenvalue weighted by molar-refractivity contribution is 0.0740. The predicted octanol–water partition coefficient (Wildman–Crippen LogP) is 3.76. The summed E-state index contributed by atoms with van der Waals surface area (Å²) in [6.45, 7) is 11.4. The molecule has 0 aliphatic carbocycles. The van der Waals surface area contributed by atoms with E-state index >= 15 is 0 Å². The maximum atomic E-state index is 13.0. The fourth-order valence-corrected chi connectivity index (χ4v) is 5.08. The highest BCUT2D eigenvalue weighted by molar-refractivity contribution is 7.91. The molecule has 2 amide bonds. The number of hydrogen-bond acceptors (Lipinski definition) is 6. The first kappa shape index (κ1) is 25.2. The molecule has 0 saturated heterocycles. The lowest BCUT2D eigenvalue weighted by atomic mass is 10.1. The summed E-state index contributed by atoms with van der Waals surface area (Å²) >= 11 is 1.61. The first-order valence-electron chi connectivity index (χ1n) is 10.2. The Morgan fingerprint density at radius 1 is 1.29 bits per heavy atom. The van der Waals surface area contributed by atoms with E-state index in [1.807, 2.05) is 19.9 Å². The first-order chi connectivity index (χ1) is 14.2. The fourth-order valence-electron chi connectivity index (χ4n) is 2.86. The lowest BCUT2D eigenvalue weighted by Gasteiger charge is -2.26. The minimum Gasteiger partial charge on any atom is -0.390 e. The molecule has 0 fully saturated rings. The molecule has 2 aromatic heterocycles. The van der Waals surface area contributed by atoms with Crippen LogP contribution in [0.4, 0.5) is 16.2 Å². The minimum atomic E-state index is -4.24. The van der Waals surface area contributed by atoms with E-state index in [0.29, 0.717) is 17.3 Å². The maximum absolute atomic E-state index is 13.0. The summed E-state index contributed by atoms with van der Waals surface area (Å²) in [6.07, 6.45) is 3.10. The molecule has 11 heteroatoms. The van der Waals surface area contributed by atoms with Gasteiger partial charge in [0.1, 0.15) is 0 Å². The highest BCUT2D eigenvalue weighted by atomic mass is 32.2. The van der Waals surface area contributed by atoms with Gasteiger partial charge in [-0.3, -0.25) is 8.99 Å². The van der Waals surface area contributed by atoms with Crippen molar-refractivity contribution < 1.29 is 18.3 Å². The highest BCUT2D eigenvalue weighted by Gasteiger charge is 2.28. The predicted molar refractivity (Wildman–Crippen MR) is 125 cm³/mol. The van der Waals surface area contributed by atoms with Gasteiger partial charge in [0.2, 0.25) is 0 Å². The Balaban J connectivity index is 2.24. The van der Waals surface area contributed by atoms with Gasteiger partial charge in [-0.25, -0.2) is 9.52 Å². The van der Waals surface area contributed by atoms with Crippen LogP contribution in [0.5, 0.6) is 0 Å². The molecule has 174 valence electrons. The van der Waals surface area contributed by atoms with Crippen molar-refractivity contribution in [3.8, 4) is 0 Å². The molecule has 0 spiro atoms. The minimum absolute atomic E-state index is 0.0228. The number of rotatable bonds is 9. The van der Waals surface area contributed by atoms with E-state index in [2.05, 4.69) is 29.0 Å². The van der Waals surface area contributed by atoms with Crippen molar-refractivity contribution in [2.45, 2.75) is 65.4 Å². The Bertz CT molecular complexity index is 1000. The van der Waals surface area contributed by atoms with Gasteiger partial charge in [-0.15, -0.1) is 11.3 Å². The molecule has 0 radical (unpaired) electrons. The van der Waals surface area contributed by atoms with Crippen LogP contribution in [0, 0.1) is 0 Å². The van der Waals surface area contributed by atoms with E-state index in [-0.39, 0.29) is 18.9 Å². The van der Waals surface area contributed by atoms with Crippen LogP contribution in [0.1, 0.15) is 69.6 Å². The number of aliphatic hydroxyl groups is 1. The molecule has 31 heavy (non-hydrogen) atoms. The molecule has 3 N–H and O–H groups in total. The summed E-state index contributed by atoms with van der Waals surface area (Å²) in [4.78, 5) is 14.7. The summed E-state index contributed by atoms with van der Waals surface area (Å²) in [5.41, 5.74) is -0.165. The molecule has 0 aromatic carbocycles. The Morgan fingerprint density at radius 3 is 2.42 bits per heavy atom. The van der Waals surface area contributed by atoms with Crippen LogP contribution in [-0.4, -0.2) is 41.5 Å². The van der Waals surface area contributed by atoms with Gasteiger partial charge in [0.05, 0.1) is 23.2 Å². The number of carbonyl (C=O) groups excluding carboxylic acids is 1. The molecule has 2 rings (SSSR count). The zero-order valence-corrected chi connectivity index (χ0v) is 20.8. The highest BCUT2D eigenvalue weighted by Crippen LogP contribution is 2.36. The van der Waals surface area contributed by atoms with Gasteiger partial charge < -0.3 is 10.4 Å². The van der Waals surface area contributed by atoms with Gasteiger partial charge in [-0.2, -0.15) is 13.5 Å². The molecule has 0 aliphatic heterocycles. The number of nitrogens with one attached hydrogen (secondary N) is 2. The monoisotopic (exact) mass is 471 g/mol. The van der Waals surface area contributed by atoms with Crippen LogP contribution in [0.15, 0.2) is 18.5 Å². The molecule has 0 bridgehead atoms. The molecule has 0 saturated carbocycles. The van der Waals surface area contributed by atoms with Crippen LogP contribution in [0.3, 0.4) is 0 Å². The van der Waals surface area contributed by atoms with E-state index in [9.17, 15) is 18.3 Å². The summed E-state index contributed by atoms with van der Waals surface area (Å²) in [5.74, 6) is 0.482. The zero-order valence-electron chi connectivity index (χ0n) is 19.1. The molecule has 0 unspecified atom stereocenters. The number of urea groups is 1. The number of nitrogens with zero attached hydrogens (tertiary/aromatic N) is 3. The van der Waals surface area contributed by atoms with Crippen LogP contribution in [-0.2, 0) is 17.3 Å². The average Bonchev–Trinajstić information content (AvgIpc) is 3.19. The maximum Gasteiger partial charge on any atom is 0.334 e. The molecular weight excluding hydrogens is 438 g/mol. The zero-order chi connectivity index (χ0) is 23.6. The number of hydrogen-bond donors (Lipinski definition) is 3. The number of carbonyl (C=O) groups is 1. The van der Waals surface area contributed by atoms with Crippen LogP contribution < -0.4 is 14.3 Å². The van der Waals surface area contributed by atoms with Gasteiger partial charge >= 0.3 is 16.2 Å². The first-order valence-corrected chi connectivity index (χ1v) is 12.4. The summed E-state index contributed by atoms with van der Waals surface area (Å²) in [5, 5.41) is 16.8. The summed E-state index contributed by atoms with van der Waals surface area (Å²) in [7, 11) is -2.57. The van der Waals surface area contributed by atoms with Crippen molar-refractivity contribution in [1.29, 1.82) is 0 Å². The second-order valence-electron chi connectivity index (χ2n) is 8.80. The molecule has 0 atom stereocenters. The third kappa shape index (κ3) is 6.94. The SMILES string of the molecule is CC(C)c1cc(NC(=O)NS(=O)(=O)N(CCC(C)(C)O)c2cnn(C)c2)c(C(C)C)s1. The van der Waals surface area contributed by atoms with Crippen molar-refractivity contribution in [1.82, 2.24) is 14.5 Å². The van der Waals surface area contributed by atoms with E-state index in [0.717, 1.165) is 14.1 Å². The number of amides is 2. The van der Waals surface area contributed by atoms with E-state index in [1.165, 1.54) is 17.1 Å². The summed E-state index contributed by atoms with van der Waals surface area (Å²) < 4.78 is 30.6. The van der Waals surface area contributed by atoms with Crippen molar-refractivity contribution in [2.75, 3.05) is 16.2 Å².